The fourth-order valence-electron chi connectivity index (χ4n) is 1.91. The number of aromatic nitrogens is 2. The number of rotatable bonds is 5. The van der Waals surface area contributed by atoms with Crippen LogP contribution in [0.15, 0.2) is 6.20 Å². The first kappa shape index (κ1) is 16.9. The average Bonchev–Trinajstić information content (AvgIpc) is 2.53. The first-order chi connectivity index (χ1) is 10.9. The zero-order valence-corrected chi connectivity index (χ0v) is 12.7. The maximum absolute atomic E-state index is 12.2. The highest BCUT2D eigenvalue weighted by molar-refractivity contribution is 6.33. The summed E-state index contributed by atoms with van der Waals surface area (Å²) in [6, 6.07) is -1.65. The molecule has 0 spiro atoms. The Labute approximate surface area is 136 Å². The number of hydrogen-bond donors (Lipinski definition) is 3. The van der Waals surface area contributed by atoms with Gasteiger partial charge in [-0.2, -0.15) is 0 Å². The third-order valence-corrected chi connectivity index (χ3v) is 3.36. The Morgan fingerprint density at radius 3 is 2.43 bits per heavy atom. The van der Waals surface area contributed by atoms with E-state index in [1.807, 2.05) is 4.90 Å². The van der Waals surface area contributed by atoms with Crippen molar-refractivity contribution in [3.63, 3.8) is 0 Å². The summed E-state index contributed by atoms with van der Waals surface area (Å²) in [5, 5.41) is 2.06. The van der Waals surface area contributed by atoms with Crippen molar-refractivity contribution in [2.75, 3.05) is 31.2 Å². The largest absolute Gasteiger partial charge is 0.378 e. The normalized spacial score (nSPS) is 14.6. The second-order valence-electron chi connectivity index (χ2n) is 4.68. The Morgan fingerprint density at radius 1 is 1.26 bits per heavy atom. The van der Waals surface area contributed by atoms with Crippen LogP contribution >= 0.6 is 11.6 Å². The van der Waals surface area contributed by atoms with Crippen molar-refractivity contribution in [3.8, 4) is 0 Å². The SMILES string of the molecule is NC(=O)C(NC(=O)c1nc(N2CCOCC2)ncc1Cl)C(N)=O. The van der Waals surface area contributed by atoms with E-state index in [1.54, 1.807) is 0 Å². The third-order valence-electron chi connectivity index (χ3n) is 3.08. The Kier molecular flexibility index (Phi) is 5.29. The number of amides is 3. The fourth-order valence-corrected chi connectivity index (χ4v) is 2.09. The van der Waals surface area contributed by atoms with Gasteiger partial charge in [-0.1, -0.05) is 11.6 Å². The van der Waals surface area contributed by atoms with E-state index >= 15 is 0 Å². The summed E-state index contributed by atoms with van der Waals surface area (Å²) in [7, 11) is 0. The number of carbonyl (C=O) groups is 3. The maximum atomic E-state index is 12.2. The van der Waals surface area contributed by atoms with Crippen LogP contribution in [0.25, 0.3) is 0 Å². The molecule has 0 bridgehead atoms. The molecule has 1 saturated heterocycles. The molecule has 0 radical (unpaired) electrons. The first-order valence-electron chi connectivity index (χ1n) is 6.65. The number of morpholine rings is 1. The molecule has 5 N–H and O–H groups in total. The van der Waals surface area contributed by atoms with Gasteiger partial charge in [-0.25, -0.2) is 9.97 Å². The van der Waals surface area contributed by atoms with Gasteiger partial charge in [-0.05, 0) is 0 Å². The number of hydrogen-bond acceptors (Lipinski definition) is 7. The summed E-state index contributed by atoms with van der Waals surface area (Å²) >= 11 is 5.91. The zero-order chi connectivity index (χ0) is 17.0. The van der Waals surface area contributed by atoms with E-state index in [4.69, 9.17) is 27.8 Å². The summed E-state index contributed by atoms with van der Waals surface area (Å²) in [6.45, 7) is 2.15. The monoisotopic (exact) mass is 342 g/mol. The number of nitrogens with zero attached hydrogens (tertiary/aromatic N) is 3. The second-order valence-corrected chi connectivity index (χ2v) is 5.08. The molecule has 0 atom stereocenters. The lowest BCUT2D eigenvalue weighted by Gasteiger charge is -2.27. The molecule has 1 aliphatic heterocycles. The molecular formula is C12H15ClN6O4. The van der Waals surface area contributed by atoms with Gasteiger partial charge in [0.1, 0.15) is 0 Å². The van der Waals surface area contributed by atoms with Crippen LogP contribution in [0.3, 0.4) is 0 Å². The van der Waals surface area contributed by atoms with E-state index in [1.165, 1.54) is 6.20 Å². The van der Waals surface area contributed by atoms with E-state index < -0.39 is 23.8 Å². The minimum atomic E-state index is -1.65. The van der Waals surface area contributed by atoms with Gasteiger partial charge < -0.3 is 26.4 Å². The van der Waals surface area contributed by atoms with Crippen molar-refractivity contribution >= 4 is 35.3 Å². The van der Waals surface area contributed by atoms with Crippen LogP contribution in [-0.4, -0.2) is 60.0 Å². The number of anilines is 1. The van der Waals surface area contributed by atoms with Gasteiger partial charge in [0.25, 0.3) is 5.91 Å². The Bertz CT molecular complexity index is 620. The molecule has 0 unspecified atom stereocenters. The summed E-state index contributed by atoms with van der Waals surface area (Å²) in [5.74, 6) is -2.72. The number of primary amides is 2. The summed E-state index contributed by atoms with van der Waals surface area (Å²) < 4.78 is 5.22. The standard InChI is InChI=1S/C12H15ClN6O4/c13-6-5-16-12(19-1-3-23-4-2-19)18-7(6)11(22)17-8(9(14)20)10(15)21/h5,8H,1-4H2,(H2,14,20)(H2,15,21)(H,17,22). The highest BCUT2D eigenvalue weighted by Crippen LogP contribution is 2.17. The predicted octanol–water partition coefficient (Wildman–Crippen LogP) is -1.96. The van der Waals surface area contributed by atoms with Gasteiger partial charge in [0, 0.05) is 13.1 Å². The molecule has 1 fully saturated rings. The molecule has 0 aromatic carbocycles. The zero-order valence-electron chi connectivity index (χ0n) is 12.0. The van der Waals surface area contributed by atoms with Crippen LogP contribution in [0.4, 0.5) is 5.95 Å². The van der Waals surface area contributed by atoms with Crippen molar-refractivity contribution in [1.29, 1.82) is 0 Å². The van der Waals surface area contributed by atoms with Crippen molar-refractivity contribution < 1.29 is 19.1 Å². The molecule has 2 heterocycles. The first-order valence-corrected chi connectivity index (χ1v) is 7.02. The van der Waals surface area contributed by atoms with E-state index in [2.05, 4.69) is 15.3 Å². The molecule has 1 aliphatic rings. The topological polar surface area (TPSA) is 154 Å². The number of ether oxygens (including phenoxy) is 1. The fraction of sp³-hybridized carbons (Fsp3) is 0.417. The highest BCUT2D eigenvalue weighted by Gasteiger charge is 2.27. The Hall–Kier alpha value is -2.46. The smallest absolute Gasteiger partial charge is 0.272 e. The molecule has 124 valence electrons. The average molecular weight is 343 g/mol. The van der Waals surface area contributed by atoms with Gasteiger partial charge in [0.2, 0.25) is 17.8 Å². The molecule has 1 aromatic heterocycles. The molecule has 3 amide bonds. The highest BCUT2D eigenvalue weighted by atomic mass is 35.5. The van der Waals surface area contributed by atoms with Crippen LogP contribution in [0, 0.1) is 0 Å². The van der Waals surface area contributed by atoms with Crippen molar-refractivity contribution in [2.45, 2.75) is 6.04 Å². The molecule has 11 heteroatoms. The second kappa shape index (κ2) is 7.20. The van der Waals surface area contributed by atoms with Gasteiger partial charge >= 0.3 is 0 Å². The van der Waals surface area contributed by atoms with Gasteiger partial charge in [-0.3, -0.25) is 14.4 Å². The minimum Gasteiger partial charge on any atom is -0.378 e. The van der Waals surface area contributed by atoms with E-state index in [-0.39, 0.29) is 16.7 Å². The molecular weight excluding hydrogens is 328 g/mol. The summed E-state index contributed by atoms with van der Waals surface area (Å²) in [4.78, 5) is 44.4. The number of nitrogens with one attached hydrogen (secondary N) is 1. The summed E-state index contributed by atoms with van der Waals surface area (Å²) in [6.07, 6.45) is 1.26. The molecule has 10 nitrogen and oxygen atoms in total. The predicted molar refractivity (Wildman–Crippen MR) is 79.7 cm³/mol. The van der Waals surface area contributed by atoms with Crippen molar-refractivity contribution in [2.24, 2.45) is 11.5 Å². The summed E-state index contributed by atoms with van der Waals surface area (Å²) in [5.41, 5.74) is 9.83. The van der Waals surface area contributed by atoms with E-state index in [0.717, 1.165) is 0 Å². The van der Waals surface area contributed by atoms with Gasteiger partial charge in [0.15, 0.2) is 11.7 Å². The Morgan fingerprint density at radius 2 is 1.87 bits per heavy atom. The maximum Gasteiger partial charge on any atom is 0.272 e. The van der Waals surface area contributed by atoms with Gasteiger partial charge in [0.05, 0.1) is 24.4 Å². The van der Waals surface area contributed by atoms with Crippen LogP contribution in [0.1, 0.15) is 10.5 Å². The lowest BCUT2D eigenvalue weighted by atomic mass is 10.2. The van der Waals surface area contributed by atoms with Crippen LogP contribution in [0.2, 0.25) is 5.02 Å². The van der Waals surface area contributed by atoms with Crippen molar-refractivity contribution in [3.05, 3.63) is 16.9 Å². The molecule has 0 aliphatic carbocycles. The minimum absolute atomic E-state index is 0.0350. The van der Waals surface area contributed by atoms with Crippen LogP contribution in [0.5, 0.6) is 0 Å². The van der Waals surface area contributed by atoms with E-state index in [0.29, 0.717) is 26.3 Å². The van der Waals surface area contributed by atoms with Crippen molar-refractivity contribution in [1.82, 2.24) is 15.3 Å². The molecule has 0 saturated carbocycles. The van der Waals surface area contributed by atoms with E-state index in [9.17, 15) is 14.4 Å². The lowest BCUT2D eigenvalue weighted by Crippen LogP contribution is -2.52. The molecule has 1 aromatic rings. The number of carbonyl (C=O) groups excluding carboxylic acids is 3. The Balaban J connectivity index is 2.22. The van der Waals surface area contributed by atoms with Crippen LogP contribution < -0.4 is 21.7 Å². The number of nitrogens with two attached hydrogens (primary N) is 2. The van der Waals surface area contributed by atoms with Crippen LogP contribution in [-0.2, 0) is 14.3 Å². The third kappa shape index (κ3) is 4.05. The molecule has 2 rings (SSSR count). The number of halogens is 1. The van der Waals surface area contributed by atoms with Gasteiger partial charge in [-0.15, -0.1) is 0 Å². The lowest BCUT2D eigenvalue weighted by molar-refractivity contribution is -0.128. The molecule has 23 heavy (non-hydrogen) atoms. The quantitative estimate of drug-likeness (QED) is 0.525.